The van der Waals surface area contributed by atoms with Crippen molar-refractivity contribution < 1.29 is 4.79 Å². The van der Waals surface area contributed by atoms with Gasteiger partial charge in [-0.15, -0.1) is 11.3 Å². The minimum absolute atomic E-state index is 0.0366. The zero-order valence-corrected chi connectivity index (χ0v) is 14.0. The van der Waals surface area contributed by atoms with Crippen LogP contribution in [-0.4, -0.2) is 16.9 Å². The summed E-state index contributed by atoms with van der Waals surface area (Å²) in [5, 5.41) is 0.844. The van der Waals surface area contributed by atoms with E-state index in [9.17, 15) is 4.79 Å². The second kappa shape index (κ2) is 6.75. The lowest BCUT2D eigenvalue weighted by Crippen LogP contribution is -2.35. The third-order valence-corrected chi connectivity index (χ3v) is 4.47. The summed E-state index contributed by atoms with van der Waals surface area (Å²) in [4.78, 5) is 18.9. The van der Waals surface area contributed by atoms with Crippen molar-refractivity contribution in [1.29, 1.82) is 0 Å². The maximum absolute atomic E-state index is 12.6. The number of benzene rings is 2. The first-order valence-corrected chi connectivity index (χ1v) is 8.38. The van der Waals surface area contributed by atoms with E-state index in [1.807, 2.05) is 68.4 Å². The normalized spacial score (nSPS) is 11.4. The Bertz CT molecular complexity index is 804. The molecule has 0 saturated heterocycles. The summed E-state index contributed by atoms with van der Waals surface area (Å²) in [7, 11) is 0. The number of thiazole rings is 1. The number of carbonyl (C=O) groups is 1. The van der Waals surface area contributed by atoms with Gasteiger partial charge in [-0.2, -0.15) is 0 Å². The van der Waals surface area contributed by atoms with Crippen molar-refractivity contribution >= 4 is 39.2 Å². The second-order valence-electron chi connectivity index (χ2n) is 5.49. The molecule has 4 heteroatoms. The molecule has 0 N–H and O–H groups in total. The summed E-state index contributed by atoms with van der Waals surface area (Å²) in [6.45, 7) is 4.02. The van der Waals surface area contributed by atoms with Gasteiger partial charge in [0.1, 0.15) is 5.01 Å². The van der Waals surface area contributed by atoms with Gasteiger partial charge in [-0.05, 0) is 44.2 Å². The lowest BCUT2D eigenvalue weighted by atomic mass is 10.2. The average Bonchev–Trinajstić information content (AvgIpc) is 2.96. The van der Waals surface area contributed by atoms with Gasteiger partial charge >= 0.3 is 0 Å². The van der Waals surface area contributed by atoms with E-state index >= 15 is 0 Å². The third-order valence-electron chi connectivity index (χ3n) is 3.47. The Morgan fingerprint density at radius 2 is 1.78 bits per heavy atom. The highest BCUT2D eigenvalue weighted by Crippen LogP contribution is 2.23. The molecule has 1 amide bonds. The Morgan fingerprint density at radius 3 is 2.48 bits per heavy atom. The molecule has 3 aromatic rings. The van der Waals surface area contributed by atoms with Gasteiger partial charge in [-0.3, -0.25) is 4.79 Å². The van der Waals surface area contributed by atoms with Crippen LogP contribution in [0.2, 0.25) is 0 Å². The first kappa shape index (κ1) is 15.4. The van der Waals surface area contributed by atoms with Gasteiger partial charge < -0.3 is 4.90 Å². The molecule has 0 unspecified atom stereocenters. The Hall–Kier alpha value is -2.46. The third kappa shape index (κ3) is 3.48. The first-order chi connectivity index (χ1) is 11.1. The van der Waals surface area contributed by atoms with Gasteiger partial charge in [0.2, 0.25) is 0 Å². The standard InChI is InChI=1S/C19H18N2OS/c1-14(2)21(15-8-4-3-5-9-15)19(22)13-12-18-20-16-10-6-7-11-17(16)23-18/h3-14H,1-2H3/b13-12+. The second-order valence-corrected chi connectivity index (χ2v) is 6.55. The summed E-state index contributed by atoms with van der Waals surface area (Å²) in [5.74, 6) is -0.0366. The molecule has 0 aliphatic rings. The summed E-state index contributed by atoms with van der Waals surface area (Å²) in [6, 6.07) is 17.8. The SMILES string of the molecule is CC(C)N(C(=O)/C=C/c1nc2ccccc2s1)c1ccccc1. The molecule has 0 fully saturated rings. The molecule has 3 rings (SSSR count). The predicted molar refractivity (Wildman–Crippen MR) is 97.7 cm³/mol. The molecule has 1 heterocycles. The van der Waals surface area contributed by atoms with Gasteiger partial charge in [0.15, 0.2) is 0 Å². The predicted octanol–water partition coefficient (Wildman–Crippen LogP) is 4.75. The number of amides is 1. The first-order valence-electron chi connectivity index (χ1n) is 7.57. The number of nitrogens with zero attached hydrogens (tertiary/aromatic N) is 2. The van der Waals surface area contributed by atoms with E-state index in [1.165, 1.54) is 0 Å². The van der Waals surface area contributed by atoms with Crippen molar-refractivity contribution in [1.82, 2.24) is 4.98 Å². The molecule has 0 aliphatic carbocycles. The van der Waals surface area contributed by atoms with Crippen molar-refractivity contribution in [3.05, 3.63) is 65.7 Å². The summed E-state index contributed by atoms with van der Waals surface area (Å²) >= 11 is 1.59. The van der Waals surface area contributed by atoms with Crippen molar-refractivity contribution in [2.75, 3.05) is 4.90 Å². The minimum Gasteiger partial charge on any atom is -0.306 e. The fourth-order valence-corrected chi connectivity index (χ4v) is 3.32. The number of fused-ring (bicyclic) bond motifs is 1. The number of aromatic nitrogens is 1. The number of rotatable bonds is 4. The maximum Gasteiger partial charge on any atom is 0.251 e. The molecule has 0 spiro atoms. The van der Waals surface area contributed by atoms with Crippen LogP contribution in [0.5, 0.6) is 0 Å². The minimum atomic E-state index is -0.0366. The van der Waals surface area contributed by atoms with Crippen LogP contribution in [-0.2, 0) is 4.79 Å². The maximum atomic E-state index is 12.6. The van der Waals surface area contributed by atoms with Crippen LogP contribution in [0.25, 0.3) is 16.3 Å². The zero-order chi connectivity index (χ0) is 16.2. The Labute approximate surface area is 139 Å². The Morgan fingerprint density at radius 1 is 1.09 bits per heavy atom. The van der Waals surface area contributed by atoms with E-state index in [4.69, 9.17) is 0 Å². The van der Waals surface area contributed by atoms with Gasteiger partial charge in [0, 0.05) is 17.8 Å². The van der Waals surface area contributed by atoms with Gasteiger partial charge in [-0.1, -0.05) is 30.3 Å². The van der Waals surface area contributed by atoms with E-state index < -0.39 is 0 Å². The van der Waals surface area contributed by atoms with Crippen molar-refractivity contribution in [2.24, 2.45) is 0 Å². The molecule has 116 valence electrons. The van der Waals surface area contributed by atoms with Crippen molar-refractivity contribution in [3.8, 4) is 0 Å². The van der Waals surface area contributed by atoms with Crippen LogP contribution in [0.4, 0.5) is 5.69 Å². The molecular formula is C19H18N2OS. The fourth-order valence-electron chi connectivity index (χ4n) is 2.45. The van der Waals surface area contributed by atoms with E-state index in [1.54, 1.807) is 28.4 Å². The fraction of sp³-hybridized carbons (Fsp3) is 0.158. The lowest BCUT2D eigenvalue weighted by Gasteiger charge is -2.25. The molecule has 3 nitrogen and oxygen atoms in total. The number of hydrogen-bond acceptors (Lipinski definition) is 3. The monoisotopic (exact) mass is 322 g/mol. The highest BCUT2D eigenvalue weighted by Gasteiger charge is 2.16. The number of anilines is 1. The summed E-state index contributed by atoms with van der Waals surface area (Å²) in [6.07, 6.45) is 3.40. The summed E-state index contributed by atoms with van der Waals surface area (Å²) in [5.41, 5.74) is 1.87. The van der Waals surface area contributed by atoms with Gasteiger partial charge in [-0.25, -0.2) is 4.98 Å². The number of para-hydroxylation sites is 2. The van der Waals surface area contributed by atoms with Crippen LogP contribution >= 0.6 is 11.3 Å². The molecule has 0 bridgehead atoms. The van der Waals surface area contributed by atoms with Gasteiger partial charge in [0.25, 0.3) is 5.91 Å². The van der Waals surface area contributed by atoms with Crippen molar-refractivity contribution in [2.45, 2.75) is 19.9 Å². The number of hydrogen-bond donors (Lipinski definition) is 0. The van der Waals surface area contributed by atoms with E-state index in [0.717, 1.165) is 20.9 Å². The van der Waals surface area contributed by atoms with E-state index in [2.05, 4.69) is 4.98 Å². The largest absolute Gasteiger partial charge is 0.306 e. The van der Waals surface area contributed by atoms with Crippen LogP contribution in [0.15, 0.2) is 60.7 Å². The number of carbonyl (C=O) groups excluding carboxylic acids is 1. The Kier molecular flexibility index (Phi) is 4.53. The van der Waals surface area contributed by atoms with E-state index in [0.29, 0.717) is 0 Å². The quantitative estimate of drug-likeness (QED) is 0.649. The van der Waals surface area contributed by atoms with Gasteiger partial charge in [0.05, 0.1) is 10.2 Å². The average molecular weight is 322 g/mol. The smallest absolute Gasteiger partial charge is 0.251 e. The van der Waals surface area contributed by atoms with Crippen molar-refractivity contribution in [3.63, 3.8) is 0 Å². The van der Waals surface area contributed by atoms with E-state index in [-0.39, 0.29) is 11.9 Å². The van der Waals surface area contributed by atoms with Crippen LogP contribution in [0.1, 0.15) is 18.9 Å². The molecule has 0 aliphatic heterocycles. The molecule has 2 aromatic carbocycles. The molecule has 23 heavy (non-hydrogen) atoms. The molecule has 0 radical (unpaired) electrons. The topological polar surface area (TPSA) is 33.2 Å². The highest BCUT2D eigenvalue weighted by atomic mass is 32.1. The summed E-state index contributed by atoms with van der Waals surface area (Å²) < 4.78 is 1.13. The zero-order valence-electron chi connectivity index (χ0n) is 13.1. The molecule has 0 atom stereocenters. The lowest BCUT2D eigenvalue weighted by molar-refractivity contribution is -0.114. The molecule has 1 aromatic heterocycles. The molecule has 0 saturated carbocycles. The highest BCUT2D eigenvalue weighted by molar-refractivity contribution is 7.19. The molecular weight excluding hydrogens is 304 g/mol. The Balaban J connectivity index is 1.83. The van der Waals surface area contributed by atoms with Crippen LogP contribution in [0, 0.1) is 0 Å². The van der Waals surface area contributed by atoms with Crippen LogP contribution < -0.4 is 4.90 Å². The van der Waals surface area contributed by atoms with Crippen LogP contribution in [0.3, 0.4) is 0 Å².